The molecule has 8 heteroatoms. The first-order valence-electron chi connectivity index (χ1n) is 8.43. The van der Waals surface area contributed by atoms with Gasteiger partial charge in [-0.25, -0.2) is 4.79 Å². The van der Waals surface area contributed by atoms with Gasteiger partial charge in [-0.2, -0.15) is 0 Å². The second-order valence-electron chi connectivity index (χ2n) is 6.13. The highest BCUT2D eigenvalue weighted by molar-refractivity contribution is 6.31. The van der Waals surface area contributed by atoms with Crippen LogP contribution in [-0.2, 0) is 16.1 Å². The van der Waals surface area contributed by atoms with Crippen molar-refractivity contribution in [1.29, 1.82) is 0 Å². The van der Waals surface area contributed by atoms with Crippen LogP contribution in [0.5, 0.6) is 0 Å². The van der Waals surface area contributed by atoms with E-state index >= 15 is 0 Å². The van der Waals surface area contributed by atoms with Crippen LogP contribution in [-0.4, -0.2) is 30.4 Å². The van der Waals surface area contributed by atoms with E-state index in [4.69, 9.17) is 11.6 Å². The molecule has 3 N–H and O–H groups in total. The number of nitrogens with zero attached hydrogens (tertiary/aromatic N) is 1. The zero-order chi connectivity index (χ0) is 19.4. The highest BCUT2D eigenvalue weighted by atomic mass is 35.5. The monoisotopic (exact) mass is 386 g/mol. The molecule has 1 heterocycles. The highest BCUT2D eigenvalue weighted by Crippen LogP contribution is 2.28. The molecule has 0 radical (unpaired) electrons. The van der Waals surface area contributed by atoms with Crippen LogP contribution in [0.15, 0.2) is 48.5 Å². The van der Waals surface area contributed by atoms with Gasteiger partial charge in [0.25, 0.3) is 0 Å². The smallest absolute Gasteiger partial charge is 0.323 e. The molecule has 7 nitrogen and oxygen atoms in total. The van der Waals surface area contributed by atoms with Crippen LogP contribution in [0.4, 0.5) is 16.2 Å². The second kappa shape index (κ2) is 8.09. The number of hydrogen-bond acceptors (Lipinski definition) is 3. The first-order valence-corrected chi connectivity index (χ1v) is 8.81. The molecule has 27 heavy (non-hydrogen) atoms. The van der Waals surface area contributed by atoms with E-state index in [9.17, 15) is 14.4 Å². The lowest BCUT2D eigenvalue weighted by Crippen LogP contribution is -2.52. The summed E-state index contributed by atoms with van der Waals surface area (Å²) in [6.07, 6.45) is 0. The Bertz CT molecular complexity index is 887. The molecule has 0 fully saturated rings. The lowest BCUT2D eigenvalue weighted by atomic mass is 10.2. The van der Waals surface area contributed by atoms with Crippen molar-refractivity contribution in [1.82, 2.24) is 10.6 Å². The number of anilines is 2. The zero-order valence-electron chi connectivity index (χ0n) is 14.7. The van der Waals surface area contributed by atoms with Crippen LogP contribution in [0.3, 0.4) is 0 Å². The van der Waals surface area contributed by atoms with E-state index in [1.807, 2.05) is 18.2 Å². The number of benzene rings is 2. The first-order chi connectivity index (χ1) is 13.0. The fourth-order valence-corrected chi connectivity index (χ4v) is 2.92. The predicted octanol–water partition coefficient (Wildman–Crippen LogP) is 2.51. The lowest BCUT2D eigenvalue weighted by molar-refractivity contribution is -0.122. The summed E-state index contributed by atoms with van der Waals surface area (Å²) in [5, 5.41) is 8.64. The van der Waals surface area contributed by atoms with Crippen LogP contribution in [0.25, 0.3) is 0 Å². The summed E-state index contributed by atoms with van der Waals surface area (Å²) in [5.41, 5.74) is 1.92. The van der Waals surface area contributed by atoms with Gasteiger partial charge >= 0.3 is 6.03 Å². The number of carbonyl (C=O) groups excluding carboxylic acids is 3. The molecule has 0 saturated carbocycles. The van der Waals surface area contributed by atoms with Gasteiger partial charge in [-0.3, -0.25) is 14.5 Å². The van der Waals surface area contributed by atoms with Crippen molar-refractivity contribution < 1.29 is 14.4 Å². The third-order valence-corrected chi connectivity index (χ3v) is 4.53. The Hall–Kier alpha value is -3.06. The van der Waals surface area contributed by atoms with Crippen LogP contribution < -0.4 is 20.9 Å². The van der Waals surface area contributed by atoms with Gasteiger partial charge in [0.05, 0.1) is 11.4 Å². The number of hydrogen-bond donors (Lipinski definition) is 3. The van der Waals surface area contributed by atoms with Crippen LogP contribution in [0.2, 0.25) is 5.02 Å². The normalized spacial score (nSPS) is 14.0. The van der Waals surface area contributed by atoms with Crippen molar-refractivity contribution in [3.05, 3.63) is 59.1 Å². The number of fused-ring (bicyclic) bond motifs is 1. The molecule has 140 valence electrons. The van der Waals surface area contributed by atoms with E-state index in [0.29, 0.717) is 16.4 Å². The second-order valence-corrected chi connectivity index (χ2v) is 6.54. The van der Waals surface area contributed by atoms with E-state index in [1.54, 1.807) is 37.3 Å². The van der Waals surface area contributed by atoms with Crippen molar-refractivity contribution in [3.8, 4) is 0 Å². The molecule has 4 amide bonds. The van der Waals surface area contributed by atoms with Crippen molar-refractivity contribution >= 4 is 40.8 Å². The average molecular weight is 387 g/mol. The van der Waals surface area contributed by atoms with Gasteiger partial charge in [0, 0.05) is 11.6 Å². The maximum Gasteiger partial charge on any atom is 0.323 e. The zero-order valence-corrected chi connectivity index (χ0v) is 15.4. The van der Waals surface area contributed by atoms with Crippen molar-refractivity contribution in [3.63, 3.8) is 0 Å². The summed E-state index contributed by atoms with van der Waals surface area (Å²) in [6.45, 7) is 1.72. The molecule has 2 aromatic carbocycles. The minimum absolute atomic E-state index is 0.114. The number of rotatable bonds is 4. The summed E-state index contributed by atoms with van der Waals surface area (Å²) in [6, 6.07) is 12.9. The third kappa shape index (κ3) is 4.38. The molecule has 1 unspecified atom stereocenters. The number of urea groups is 1. The molecule has 1 aliphatic rings. The molecule has 1 atom stereocenters. The number of para-hydroxylation sites is 2. The Labute approximate surface area is 161 Å². The molecule has 0 spiro atoms. The molecule has 0 saturated heterocycles. The number of carbonyl (C=O) groups is 3. The number of halogens is 1. The van der Waals surface area contributed by atoms with Crippen molar-refractivity contribution in [2.24, 2.45) is 0 Å². The van der Waals surface area contributed by atoms with E-state index in [-0.39, 0.29) is 24.9 Å². The Morgan fingerprint density at radius 2 is 1.89 bits per heavy atom. The Kier molecular flexibility index (Phi) is 5.61. The summed E-state index contributed by atoms with van der Waals surface area (Å²) in [7, 11) is 0. The van der Waals surface area contributed by atoms with Crippen LogP contribution in [0.1, 0.15) is 12.5 Å². The maximum absolute atomic E-state index is 12.6. The minimum Gasteiger partial charge on any atom is -0.350 e. The number of nitrogens with one attached hydrogen (secondary N) is 3. The molecular formula is C19H19ClN4O3. The molecule has 0 bridgehead atoms. The summed E-state index contributed by atoms with van der Waals surface area (Å²) >= 11 is 6.07. The average Bonchev–Trinajstić information content (AvgIpc) is 2.66. The molecule has 1 aliphatic heterocycles. The predicted molar refractivity (Wildman–Crippen MR) is 104 cm³/mol. The fourth-order valence-electron chi connectivity index (χ4n) is 2.72. The van der Waals surface area contributed by atoms with Crippen LogP contribution >= 0.6 is 11.6 Å². The van der Waals surface area contributed by atoms with Gasteiger partial charge in [-0.1, -0.05) is 41.9 Å². The maximum atomic E-state index is 12.6. The molecule has 0 aromatic heterocycles. The standard InChI is InChI=1S/C19H19ClN4O3/c1-12(18(26)21-10-13-6-2-3-7-14(13)20)22-19(27)24-11-17(25)23-15-8-4-5-9-16(15)24/h2-9,12H,10-11H2,1H3,(H,21,26)(H,22,27)(H,23,25). The quantitative estimate of drug-likeness (QED) is 0.754. The van der Waals surface area contributed by atoms with E-state index in [2.05, 4.69) is 16.0 Å². The van der Waals surface area contributed by atoms with Gasteiger partial charge in [0.15, 0.2) is 0 Å². The Morgan fingerprint density at radius 1 is 1.19 bits per heavy atom. The van der Waals surface area contributed by atoms with E-state index in [1.165, 1.54) is 4.90 Å². The molecule has 3 rings (SSSR count). The molecule has 2 aromatic rings. The lowest BCUT2D eigenvalue weighted by Gasteiger charge is -2.30. The van der Waals surface area contributed by atoms with Crippen LogP contribution in [0, 0.1) is 0 Å². The van der Waals surface area contributed by atoms with E-state index < -0.39 is 12.1 Å². The molecule has 0 aliphatic carbocycles. The summed E-state index contributed by atoms with van der Waals surface area (Å²) in [5.74, 6) is -0.641. The van der Waals surface area contributed by atoms with E-state index in [0.717, 1.165) is 5.56 Å². The largest absolute Gasteiger partial charge is 0.350 e. The number of amides is 4. The Balaban J connectivity index is 1.61. The third-order valence-electron chi connectivity index (χ3n) is 4.16. The van der Waals surface area contributed by atoms with Gasteiger partial charge in [0.2, 0.25) is 11.8 Å². The summed E-state index contributed by atoms with van der Waals surface area (Å²) < 4.78 is 0. The van der Waals surface area contributed by atoms with Gasteiger partial charge in [0.1, 0.15) is 12.6 Å². The van der Waals surface area contributed by atoms with Crippen molar-refractivity contribution in [2.45, 2.75) is 19.5 Å². The topological polar surface area (TPSA) is 90.5 Å². The SMILES string of the molecule is CC(NC(=O)N1CC(=O)Nc2ccccc21)C(=O)NCc1ccccc1Cl. The first kappa shape index (κ1) is 18.7. The fraction of sp³-hybridized carbons (Fsp3) is 0.211. The molecular weight excluding hydrogens is 368 g/mol. The minimum atomic E-state index is -0.780. The van der Waals surface area contributed by atoms with Gasteiger partial charge in [-0.05, 0) is 30.7 Å². The summed E-state index contributed by atoms with van der Waals surface area (Å²) in [4.78, 5) is 38.0. The Morgan fingerprint density at radius 3 is 2.67 bits per heavy atom. The highest BCUT2D eigenvalue weighted by Gasteiger charge is 2.28. The van der Waals surface area contributed by atoms with Gasteiger partial charge < -0.3 is 16.0 Å². The van der Waals surface area contributed by atoms with Crippen molar-refractivity contribution in [2.75, 3.05) is 16.8 Å². The van der Waals surface area contributed by atoms with Gasteiger partial charge in [-0.15, -0.1) is 0 Å².